The molecule has 0 unspecified atom stereocenters. The van der Waals surface area contributed by atoms with E-state index < -0.39 is 0 Å². The van der Waals surface area contributed by atoms with Crippen molar-refractivity contribution in [1.82, 2.24) is 0 Å². The van der Waals surface area contributed by atoms with E-state index in [0.29, 0.717) is 5.92 Å². The molecule has 1 heteroatoms. The first-order chi connectivity index (χ1) is 10.5. The molecule has 0 atom stereocenters. The molecular formula is C21H23F. The first-order valence-electron chi connectivity index (χ1n) is 7.75. The Balaban J connectivity index is 1.95. The van der Waals surface area contributed by atoms with Crippen molar-refractivity contribution in [1.29, 1.82) is 0 Å². The molecule has 0 nitrogen and oxygen atoms in total. The molecule has 0 aliphatic carbocycles. The predicted molar refractivity (Wildman–Crippen MR) is 94.1 cm³/mol. The zero-order valence-electron chi connectivity index (χ0n) is 13.4. The maximum Gasteiger partial charge on any atom is 0.123 e. The van der Waals surface area contributed by atoms with Crippen molar-refractivity contribution in [2.75, 3.05) is 0 Å². The van der Waals surface area contributed by atoms with Crippen LogP contribution >= 0.6 is 0 Å². The second kappa shape index (κ2) is 7.74. The number of hydrogen-bond acceptors (Lipinski definition) is 0. The Morgan fingerprint density at radius 2 is 1.86 bits per heavy atom. The minimum absolute atomic E-state index is 0.176. The summed E-state index contributed by atoms with van der Waals surface area (Å²) in [4.78, 5) is 0. The molecule has 0 heterocycles. The van der Waals surface area contributed by atoms with Gasteiger partial charge in [-0.2, -0.15) is 0 Å². The monoisotopic (exact) mass is 294 g/mol. The minimum atomic E-state index is -0.176. The fraction of sp³-hybridized carbons (Fsp3) is 0.238. The van der Waals surface area contributed by atoms with E-state index in [1.54, 1.807) is 12.1 Å². The summed E-state index contributed by atoms with van der Waals surface area (Å²) in [6, 6.07) is 15.2. The van der Waals surface area contributed by atoms with Gasteiger partial charge in [-0.1, -0.05) is 69.0 Å². The average Bonchev–Trinajstić information content (AvgIpc) is 2.51. The number of rotatable bonds is 6. The van der Waals surface area contributed by atoms with E-state index in [1.165, 1.54) is 11.6 Å². The summed E-state index contributed by atoms with van der Waals surface area (Å²) in [6.45, 7) is 8.49. The van der Waals surface area contributed by atoms with Crippen molar-refractivity contribution < 1.29 is 4.39 Å². The summed E-state index contributed by atoms with van der Waals surface area (Å²) in [6.07, 6.45) is 5.98. The molecule has 0 N–H and O–H groups in total. The zero-order chi connectivity index (χ0) is 15.9. The van der Waals surface area contributed by atoms with Gasteiger partial charge in [-0.25, -0.2) is 4.39 Å². The second-order valence-corrected chi connectivity index (χ2v) is 5.96. The Labute approximate surface area is 133 Å². The van der Waals surface area contributed by atoms with Gasteiger partial charge in [-0.3, -0.25) is 0 Å². The number of allylic oxidation sites excluding steroid dienone is 2. The lowest BCUT2D eigenvalue weighted by Gasteiger charge is -2.07. The summed E-state index contributed by atoms with van der Waals surface area (Å²) >= 11 is 0. The van der Waals surface area contributed by atoms with Crippen molar-refractivity contribution in [3.63, 3.8) is 0 Å². The van der Waals surface area contributed by atoms with Gasteiger partial charge < -0.3 is 0 Å². The third-order valence-corrected chi connectivity index (χ3v) is 3.60. The normalized spacial score (nSPS) is 11.3. The van der Waals surface area contributed by atoms with Gasteiger partial charge >= 0.3 is 0 Å². The van der Waals surface area contributed by atoms with E-state index in [-0.39, 0.29) is 5.82 Å². The number of aryl methyl sites for hydroxylation is 1. The van der Waals surface area contributed by atoms with Crippen LogP contribution < -0.4 is 0 Å². The quantitative estimate of drug-likeness (QED) is 0.600. The summed E-state index contributed by atoms with van der Waals surface area (Å²) in [5.41, 5.74) is 4.45. The summed E-state index contributed by atoms with van der Waals surface area (Å²) in [5, 5.41) is 0. The van der Waals surface area contributed by atoms with E-state index in [1.807, 2.05) is 6.07 Å². The van der Waals surface area contributed by atoms with E-state index in [9.17, 15) is 4.39 Å². The maximum absolute atomic E-state index is 13.2. The highest BCUT2D eigenvalue weighted by Crippen LogP contribution is 2.20. The molecule has 0 spiro atoms. The molecule has 0 bridgehead atoms. The van der Waals surface area contributed by atoms with Crippen LogP contribution in [0.5, 0.6) is 0 Å². The third-order valence-electron chi connectivity index (χ3n) is 3.60. The van der Waals surface area contributed by atoms with Gasteiger partial charge in [-0.05, 0) is 53.2 Å². The molecule has 114 valence electrons. The van der Waals surface area contributed by atoms with Crippen LogP contribution in [0.1, 0.15) is 37.0 Å². The average molecular weight is 294 g/mol. The zero-order valence-corrected chi connectivity index (χ0v) is 13.4. The lowest BCUT2D eigenvalue weighted by Crippen LogP contribution is -1.90. The van der Waals surface area contributed by atoms with E-state index in [0.717, 1.165) is 29.5 Å². The molecule has 0 fully saturated rings. The van der Waals surface area contributed by atoms with Crippen molar-refractivity contribution in [3.05, 3.63) is 83.7 Å². The topological polar surface area (TPSA) is 0 Å². The van der Waals surface area contributed by atoms with Crippen LogP contribution in [0.4, 0.5) is 4.39 Å². The predicted octanol–water partition coefficient (Wildman–Crippen LogP) is 6.14. The van der Waals surface area contributed by atoms with Crippen molar-refractivity contribution in [2.45, 2.75) is 26.7 Å². The molecule has 0 amide bonds. The highest BCUT2D eigenvalue weighted by molar-refractivity contribution is 5.65. The van der Waals surface area contributed by atoms with E-state index >= 15 is 0 Å². The highest BCUT2D eigenvalue weighted by atomic mass is 19.1. The highest BCUT2D eigenvalue weighted by Gasteiger charge is 2.01. The lowest BCUT2D eigenvalue weighted by atomic mass is 9.98. The van der Waals surface area contributed by atoms with Gasteiger partial charge in [0, 0.05) is 0 Å². The van der Waals surface area contributed by atoms with Crippen LogP contribution in [0.15, 0.2) is 61.2 Å². The molecule has 2 rings (SSSR count). The van der Waals surface area contributed by atoms with Gasteiger partial charge in [0.2, 0.25) is 0 Å². The standard InChI is InChI=1S/C21H23F/c1-16(2)7-9-18-11-13-20(14-12-18)17(3)8-10-19-5-4-6-21(22)15-19/h4-7,9,11-16H,3,8,10H2,1-2H3/b9-7+. The van der Waals surface area contributed by atoms with Crippen LogP contribution in [-0.4, -0.2) is 0 Å². The Morgan fingerprint density at radius 3 is 2.50 bits per heavy atom. The molecule has 0 saturated carbocycles. The molecule has 2 aromatic rings. The molecule has 2 aromatic carbocycles. The van der Waals surface area contributed by atoms with E-state index in [4.69, 9.17) is 0 Å². The molecular weight excluding hydrogens is 271 g/mol. The Hall–Kier alpha value is -2.15. The van der Waals surface area contributed by atoms with Crippen LogP contribution in [-0.2, 0) is 6.42 Å². The molecule has 0 aliphatic heterocycles. The van der Waals surface area contributed by atoms with E-state index in [2.05, 4.69) is 56.8 Å². The van der Waals surface area contributed by atoms with Crippen LogP contribution in [0.2, 0.25) is 0 Å². The van der Waals surface area contributed by atoms with Gasteiger partial charge in [0.05, 0.1) is 0 Å². The Bertz CT molecular complexity index is 648. The number of hydrogen-bond donors (Lipinski definition) is 0. The molecule has 0 saturated heterocycles. The van der Waals surface area contributed by atoms with Gasteiger partial charge in [0.25, 0.3) is 0 Å². The van der Waals surface area contributed by atoms with Gasteiger partial charge in [0.1, 0.15) is 5.82 Å². The second-order valence-electron chi connectivity index (χ2n) is 5.96. The van der Waals surface area contributed by atoms with Crippen molar-refractivity contribution >= 4 is 11.6 Å². The van der Waals surface area contributed by atoms with Crippen molar-refractivity contribution in [2.24, 2.45) is 5.92 Å². The number of halogens is 1. The summed E-state index contributed by atoms with van der Waals surface area (Å²) in [5.74, 6) is 0.380. The Kier molecular flexibility index (Phi) is 5.71. The van der Waals surface area contributed by atoms with Gasteiger partial charge in [-0.15, -0.1) is 0 Å². The largest absolute Gasteiger partial charge is 0.207 e. The first-order valence-corrected chi connectivity index (χ1v) is 7.75. The van der Waals surface area contributed by atoms with Crippen LogP contribution in [0, 0.1) is 11.7 Å². The van der Waals surface area contributed by atoms with Crippen LogP contribution in [0.25, 0.3) is 11.6 Å². The molecule has 0 aromatic heterocycles. The smallest absolute Gasteiger partial charge is 0.123 e. The fourth-order valence-electron chi connectivity index (χ4n) is 2.27. The third kappa shape index (κ3) is 5.00. The lowest BCUT2D eigenvalue weighted by molar-refractivity contribution is 0.625. The SMILES string of the molecule is C=C(CCc1cccc(F)c1)c1ccc(/C=C/C(C)C)cc1. The maximum atomic E-state index is 13.2. The van der Waals surface area contributed by atoms with Gasteiger partial charge in [0.15, 0.2) is 0 Å². The fourth-order valence-corrected chi connectivity index (χ4v) is 2.27. The molecule has 0 aliphatic rings. The molecule has 0 radical (unpaired) electrons. The number of benzene rings is 2. The molecule has 22 heavy (non-hydrogen) atoms. The summed E-state index contributed by atoms with van der Waals surface area (Å²) < 4.78 is 13.2. The Morgan fingerprint density at radius 1 is 1.14 bits per heavy atom. The minimum Gasteiger partial charge on any atom is -0.207 e. The summed E-state index contributed by atoms with van der Waals surface area (Å²) in [7, 11) is 0. The van der Waals surface area contributed by atoms with Crippen molar-refractivity contribution in [3.8, 4) is 0 Å². The first kappa shape index (κ1) is 16.2. The van der Waals surface area contributed by atoms with Crippen LogP contribution in [0.3, 0.4) is 0 Å².